The molecule has 2 saturated heterocycles. The summed E-state index contributed by atoms with van der Waals surface area (Å²) in [5.41, 5.74) is 0. The molecule has 1 amide bonds. The zero-order valence-electron chi connectivity index (χ0n) is 9.86. The van der Waals surface area contributed by atoms with E-state index in [1.54, 1.807) is 0 Å². The summed E-state index contributed by atoms with van der Waals surface area (Å²) in [7, 11) is 0. The number of likely N-dealkylation sites (tertiary alicyclic amines) is 1. The Morgan fingerprint density at radius 3 is 2.81 bits per heavy atom. The van der Waals surface area contributed by atoms with Gasteiger partial charge >= 0.3 is 0 Å². The SMILES string of the molecule is CC1CC2CNCC2N1C(=O)C1CC=CC1. The minimum atomic E-state index is 0.238. The fraction of sp³-hybridized carbons (Fsp3) is 0.769. The van der Waals surface area contributed by atoms with Crippen LogP contribution in [0.1, 0.15) is 26.2 Å². The molecule has 2 aliphatic heterocycles. The van der Waals surface area contributed by atoms with E-state index in [1.165, 1.54) is 6.42 Å². The summed E-state index contributed by atoms with van der Waals surface area (Å²) in [4.78, 5) is 14.6. The van der Waals surface area contributed by atoms with Crippen molar-refractivity contribution >= 4 is 5.91 Å². The van der Waals surface area contributed by atoms with Gasteiger partial charge in [-0.25, -0.2) is 0 Å². The molecule has 3 rings (SSSR count). The Morgan fingerprint density at radius 2 is 2.06 bits per heavy atom. The van der Waals surface area contributed by atoms with Crippen LogP contribution < -0.4 is 5.32 Å². The molecule has 1 N–H and O–H groups in total. The summed E-state index contributed by atoms with van der Waals surface area (Å²) in [6.45, 7) is 4.31. The van der Waals surface area contributed by atoms with Crippen LogP contribution in [0.25, 0.3) is 0 Å². The van der Waals surface area contributed by atoms with Crippen LogP contribution in [-0.2, 0) is 4.79 Å². The van der Waals surface area contributed by atoms with Crippen molar-refractivity contribution < 1.29 is 4.79 Å². The number of hydrogen-bond donors (Lipinski definition) is 1. The molecule has 88 valence electrons. The number of carbonyl (C=O) groups excluding carboxylic acids is 1. The van der Waals surface area contributed by atoms with Crippen LogP contribution in [0.4, 0.5) is 0 Å². The Morgan fingerprint density at radius 1 is 1.31 bits per heavy atom. The zero-order valence-corrected chi connectivity index (χ0v) is 9.86. The number of fused-ring (bicyclic) bond motifs is 1. The highest BCUT2D eigenvalue weighted by Crippen LogP contribution is 2.35. The molecule has 0 aromatic carbocycles. The molecule has 16 heavy (non-hydrogen) atoms. The van der Waals surface area contributed by atoms with Gasteiger partial charge in [0.25, 0.3) is 0 Å². The van der Waals surface area contributed by atoms with Gasteiger partial charge < -0.3 is 10.2 Å². The number of nitrogens with zero attached hydrogens (tertiary/aromatic N) is 1. The highest BCUT2D eigenvalue weighted by Gasteiger charge is 2.45. The van der Waals surface area contributed by atoms with E-state index in [0.717, 1.165) is 25.9 Å². The van der Waals surface area contributed by atoms with E-state index in [9.17, 15) is 4.79 Å². The van der Waals surface area contributed by atoms with Crippen LogP contribution >= 0.6 is 0 Å². The molecule has 3 nitrogen and oxygen atoms in total. The number of amides is 1. The lowest BCUT2D eigenvalue weighted by Gasteiger charge is -2.30. The van der Waals surface area contributed by atoms with Crippen LogP contribution in [0.15, 0.2) is 12.2 Å². The van der Waals surface area contributed by atoms with Crippen molar-refractivity contribution in [2.24, 2.45) is 11.8 Å². The zero-order chi connectivity index (χ0) is 11.1. The molecule has 1 aliphatic carbocycles. The van der Waals surface area contributed by atoms with Gasteiger partial charge in [-0.15, -0.1) is 0 Å². The van der Waals surface area contributed by atoms with E-state index < -0.39 is 0 Å². The Hall–Kier alpha value is -0.830. The van der Waals surface area contributed by atoms with Crippen molar-refractivity contribution in [2.45, 2.75) is 38.3 Å². The van der Waals surface area contributed by atoms with Crippen LogP contribution in [-0.4, -0.2) is 36.0 Å². The van der Waals surface area contributed by atoms with Gasteiger partial charge in [0.2, 0.25) is 5.91 Å². The number of nitrogens with one attached hydrogen (secondary N) is 1. The van der Waals surface area contributed by atoms with E-state index >= 15 is 0 Å². The second kappa shape index (κ2) is 3.88. The fourth-order valence-corrected chi connectivity index (χ4v) is 3.57. The summed E-state index contributed by atoms with van der Waals surface area (Å²) in [6.07, 6.45) is 7.38. The van der Waals surface area contributed by atoms with Crippen molar-refractivity contribution in [1.29, 1.82) is 0 Å². The quantitative estimate of drug-likeness (QED) is 0.673. The molecule has 0 radical (unpaired) electrons. The molecule has 2 heterocycles. The maximum Gasteiger partial charge on any atom is 0.226 e. The van der Waals surface area contributed by atoms with Gasteiger partial charge in [-0.05, 0) is 32.1 Å². The third kappa shape index (κ3) is 1.49. The number of rotatable bonds is 1. The van der Waals surface area contributed by atoms with Gasteiger partial charge in [0, 0.05) is 31.1 Å². The van der Waals surface area contributed by atoms with Crippen LogP contribution in [0, 0.1) is 11.8 Å². The molecular formula is C13H20N2O. The highest BCUT2D eigenvalue weighted by atomic mass is 16.2. The molecule has 2 fully saturated rings. The first-order valence-electron chi connectivity index (χ1n) is 6.45. The lowest BCUT2D eigenvalue weighted by atomic mass is 10.0. The molecule has 0 saturated carbocycles. The van der Waals surface area contributed by atoms with E-state index in [4.69, 9.17) is 0 Å². The highest BCUT2D eigenvalue weighted by molar-refractivity contribution is 5.80. The largest absolute Gasteiger partial charge is 0.335 e. The van der Waals surface area contributed by atoms with Crippen LogP contribution in [0.3, 0.4) is 0 Å². The second-order valence-electron chi connectivity index (χ2n) is 5.46. The first-order chi connectivity index (χ1) is 7.77. The van der Waals surface area contributed by atoms with Gasteiger partial charge in [-0.3, -0.25) is 4.79 Å². The normalized spacial score (nSPS) is 38.3. The summed E-state index contributed by atoms with van der Waals surface area (Å²) >= 11 is 0. The minimum absolute atomic E-state index is 0.238. The van der Waals surface area contributed by atoms with Crippen LogP contribution in [0.2, 0.25) is 0 Å². The Kier molecular flexibility index (Phi) is 2.51. The standard InChI is InChI=1S/C13H20N2O/c1-9-6-11-7-14-8-12(11)15(9)13(16)10-4-2-3-5-10/h2-3,9-12,14H,4-8H2,1H3. The number of allylic oxidation sites excluding steroid dienone is 2. The van der Waals surface area contributed by atoms with Gasteiger partial charge in [-0.2, -0.15) is 0 Å². The van der Waals surface area contributed by atoms with E-state index in [1.807, 2.05) is 0 Å². The lowest BCUT2D eigenvalue weighted by Crippen LogP contribution is -2.45. The molecule has 3 unspecified atom stereocenters. The van der Waals surface area contributed by atoms with Crippen molar-refractivity contribution in [3.05, 3.63) is 12.2 Å². The summed E-state index contributed by atoms with van der Waals surface area (Å²) in [5.74, 6) is 1.34. The maximum absolute atomic E-state index is 12.5. The number of hydrogen-bond acceptors (Lipinski definition) is 2. The third-order valence-corrected chi connectivity index (χ3v) is 4.39. The minimum Gasteiger partial charge on any atom is -0.335 e. The monoisotopic (exact) mass is 220 g/mol. The first-order valence-corrected chi connectivity index (χ1v) is 6.45. The van der Waals surface area contributed by atoms with Gasteiger partial charge in [0.1, 0.15) is 0 Å². The third-order valence-electron chi connectivity index (χ3n) is 4.39. The molecule has 3 atom stereocenters. The topological polar surface area (TPSA) is 32.3 Å². The summed E-state index contributed by atoms with van der Waals surface area (Å²) in [6, 6.07) is 0.924. The smallest absolute Gasteiger partial charge is 0.226 e. The average molecular weight is 220 g/mol. The van der Waals surface area contributed by atoms with Crippen molar-refractivity contribution in [2.75, 3.05) is 13.1 Å². The molecule has 0 bridgehead atoms. The molecule has 3 heteroatoms. The average Bonchev–Trinajstić information content (AvgIpc) is 2.89. The summed E-state index contributed by atoms with van der Waals surface area (Å²) < 4.78 is 0. The van der Waals surface area contributed by atoms with E-state index in [0.29, 0.717) is 23.9 Å². The van der Waals surface area contributed by atoms with Crippen molar-refractivity contribution in [3.63, 3.8) is 0 Å². The van der Waals surface area contributed by atoms with Crippen molar-refractivity contribution in [3.8, 4) is 0 Å². The van der Waals surface area contributed by atoms with Crippen molar-refractivity contribution in [1.82, 2.24) is 10.2 Å². The first kappa shape index (κ1) is 10.3. The second-order valence-corrected chi connectivity index (χ2v) is 5.46. The predicted molar refractivity (Wildman–Crippen MR) is 62.9 cm³/mol. The Balaban J connectivity index is 1.75. The Bertz CT molecular complexity index is 318. The van der Waals surface area contributed by atoms with Gasteiger partial charge in [0.15, 0.2) is 0 Å². The van der Waals surface area contributed by atoms with Gasteiger partial charge in [0.05, 0.1) is 0 Å². The summed E-state index contributed by atoms with van der Waals surface area (Å²) in [5, 5.41) is 3.41. The number of carbonyl (C=O) groups is 1. The molecule has 3 aliphatic rings. The Labute approximate surface area is 96.9 Å². The molecule has 0 aromatic rings. The molecule has 0 aromatic heterocycles. The molecular weight excluding hydrogens is 200 g/mol. The fourth-order valence-electron chi connectivity index (χ4n) is 3.57. The maximum atomic E-state index is 12.5. The van der Waals surface area contributed by atoms with E-state index in [-0.39, 0.29) is 5.92 Å². The van der Waals surface area contributed by atoms with Gasteiger partial charge in [-0.1, -0.05) is 12.2 Å². The predicted octanol–water partition coefficient (Wildman–Crippen LogP) is 1.16. The van der Waals surface area contributed by atoms with E-state index in [2.05, 4.69) is 29.3 Å². The van der Waals surface area contributed by atoms with Crippen LogP contribution in [0.5, 0.6) is 0 Å². The lowest BCUT2D eigenvalue weighted by molar-refractivity contribution is -0.137. The molecule has 0 spiro atoms.